The summed E-state index contributed by atoms with van der Waals surface area (Å²) in [5.74, 6) is -0.953. The molecule has 0 rings (SSSR count). The Labute approximate surface area is 79.4 Å². The van der Waals surface area contributed by atoms with Gasteiger partial charge in [0, 0.05) is 18.8 Å². The molecule has 0 amide bonds. The van der Waals surface area contributed by atoms with Gasteiger partial charge in [-0.3, -0.25) is 0 Å². The molecule has 0 heterocycles. The van der Waals surface area contributed by atoms with E-state index in [9.17, 15) is 4.79 Å². The standard InChI is InChI=1S/C10H17NO2/c1-6-8(9(12)13)7-11(5)10(2,3)4/h6-7H,1H2,2-5H3,(H,12,13)/b8-7+. The molecule has 0 saturated carbocycles. The molecule has 0 radical (unpaired) electrons. The van der Waals surface area contributed by atoms with Crippen LogP contribution in [-0.4, -0.2) is 28.6 Å². The monoisotopic (exact) mass is 183 g/mol. The van der Waals surface area contributed by atoms with Crippen molar-refractivity contribution in [1.82, 2.24) is 4.90 Å². The number of rotatable bonds is 3. The topological polar surface area (TPSA) is 40.5 Å². The first-order valence-corrected chi connectivity index (χ1v) is 4.09. The number of hydrogen-bond acceptors (Lipinski definition) is 2. The van der Waals surface area contributed by atoms with Crippen LogP contribution in [0.25, 0.3) is 0 Å². The summed E-state index contributed by atoms with van der Waals surface area (Å²) in [6.07, 6.45) is 2.92. The maximum atomic E-state index is 10.6. The van der Waals surface area contributed by atoms with Crippen LogP contribution in [0.5, 0.6) is 0 Å². The van der Waals surface area contributed by atoms with E-state index in [-0.39, 0.29) is 11.1 Å². The van der Waals surface area contributed by atoms with E-state index in [1.807, 2.05) is 32.7 Å². The van der Waals surface area contributed by atoms with E-state index in [1.165, 1.54) is 6.08 Å². The molecule has 0 aliphatic heterocycles. The van der Waals surface area contributed by atoms with Gasteiger partial charge in [0.25, 0.3) is 0 Å². The van der Waals surface area contributed by atoms with Crippen molar-refractivity contribution in [1.29, 1.82) is 0 Å². The van der Waals surface area contributed by atoms with Crippen LogP contribution in [0.2, 0.25) is 0 Å². The van der Waals surface area contributed by atoms with Crippen LogP contribution in [-0.2, 0) is 4.79 Å². The minimum Gasteiger partial charge on any atom is -0.478 e. The third kappa shape index (κ3) is 3.78. The zero-order valence-electron chi connectivity index (χ0n) is 8.66. The lowest BCUT2D eigenvalue weighted by Crippen LogP contribution is -2.34. The Morgan fingerprint density at radius 1 is 1.46 bits per heavy atom. The second kappa shape index (κ2) is 4.12. The summed E-state index contributed by atoms with van der Waals surface area (Å²) in [5, 5.41) is 8.72. The number of carboxylic acids is 1. The van der Waals surface area contributed by atoms with Gasteiger partial charge in [-0.15, -0.1) is 0 Å². The Morgan fingerprint density at radius 2 is 1.92 bits per heavy atom. The summed E-state index contributed by atoms with van der Waals surface area (Å²) >= 11 is 0. The van der Waals surface area contributed by atoms with Crippen LogP contribution in [0, 0.1) is 0 Å². The maximum Gasteiger partial charge on any atom is 0.337 e. The molecule has 0 atom stereocenters. The highest BCUT2D eigenvalue weighted by Gasteiger charge is 2.15. The molecule has 0 aromatic rings. The van der Waals surface area contributed by atoms with Crippen molar-refractivity contribution in [3.8, 4) is 0 Å². The Kier molecular flexibility index (Phi) is 3.72. The first kappa shape index (κ1) is 11.8. The molecule has 0 bridgehead atoms. The fourth-order valence-corrected chi connectivity index (χ4v) is 0.598. The van der Waals surface area contributed by atoms with Gasteiger partial charge in [-0.2, -0.15) is 0 Å². The maximum absolute atomic E-state index is 10.6. The van der Waals surface area contributed by atoms with E-state index in [0.717, 1.165) is 0 Å². The van der Waals surface area contributed by atoms with Crippen LogP contribution >= 0.6 is 0 Å². The summed E-state index contributed by atoms with van der Waals surface area (Å²) in [6.45, 7) is 9.46. The number of nitrogens with zero attached hydrogens (tertiary/aromatic N) is 1. The molecule has 0 aromatic heterocycles. The van der Waals surface area contributed by atoms with E-state index in [0.29, 0.717) is 0 Å². The molecular weight excluding hydrogens is 166 g/mol. The zero-order valence-corrected chi connectivity index (χ0v) is 8.66. The number of aliphatic carboxylic acids is 1. The van der Waals surface area contributed by atoms with Crippen LogP contribution in [0.4, 0.5) is 0 Å². The van der Waals surface area contributed by atoms with Crippen molar-refractivity contribution < 1.29 is 9.90 Å². The normalized spacial score (nSPS) is 12.5. The summed E-state index contributed by atoms with van der Waals surface area (Å²) in [6, 6.07) is 0. The predicted octanol–water partition coefficient (Wildman–Crippen LogP) is 1.87. The van der Waals surface area contributed by atoms with Gasteiger partial charge in [-0.1, -0.05) is 12.7 Å². The average molecular weight is 183 g/mol. The lowest BCUT2D eigenvalue weighted by atomic mass is 10.1. The number of carboxylic acid groups (broad SMARTS) is 1. The van der Waals surface area contributed by atoms with Gasteiger partial charge in [0.05, 0.1) is 5.57 Å². The lowest BCUT2D eigenvalue weighted by molar-refractivity contribution is -0.132. The van der Waals surface area contributed by atoms with Crippen molar-refractivity contribution in [2.45, 2.75) is 26.3 Å². The first-order chi connectivity index (χ1) is 5.79. The van der Waals surface area contributed by atoms with E-state index in [1.54, 1.807) is 6.20 Å². The minimum absolute atomic E-state index is 0.0797. The highest BCUT2D eigenvalue weighted by Crippen LogP contribution is 2.12. The smallest absolute Gasteiger partial charge is 0.337 e. The third-order valence-electron chi connectivity index (χ3n) is 1.86. The van der Waals surface area contributed by atoms with Gasteiger partial charge in [-0.25, -0.2) is 4.79 Å². The molecule has 0 aliphatic carbocycles. The second-order valence-corrected chi connectivity index (χ2v) is 3.88. The first-order valence-electron chi connectivity index (χ1n) is 4.09. The molecule has 0 spiro atoms. The molecule has 74 valence electrons. The van der Waals surface area contributed by atoms with Crippen molar-refractivity contribution in [3.63, 3.8) is 0 Å². The Balaban J connectivity index is 4.71. The number of carbonyl (C=O) groups is 1. The van der Waals surface area contributed by atoms with Crippen molar-refractivity contribution in [2.24, 2.45) is 0 Å². The fourth-order valence-electron chi connectivity index (χ4n) is 0.598. The van der Waals surface area contributed by atoms with Crippen LogP contribution in [0.15, 0.2) is 24.4 Å². The molecule has 1 N–H and O–H groups in total. The molecular formula is C10H17NO2. The van der Waals surface area contributed by atoms with Gasteiger partial charge < -0.3 is 10.0 Å². The molecule has 0 saturated heterocycles. The quantitative estimate of drug-likeness (QED) is 0.536. The predicted molar refractivity (Wildman–Crippen MR) is 53.4 cm³/mol. The van der Waals surface area contributed by atoms with E-state index in [2.05, 4.69) is 6.58 Å². The van der Waals surface area contributed by atoms with Gasteiger partial charge in [-0.05, 0) is 20.8 Å². The van der Waals surface area contributed by atoms with Crippen LogP contribution < -0.4 is 0 Å². The third-order valence-corrected chi connectivity index (χ3v) is 1.86. The van der Waals surface area contributed by atoms with Crippen LogP contribution in [0.1, 0.15) is 20.8 Å². The lowest BCUT2D eigenvalue weighted by Gasteiger charge is -2.31. The molecule has 0 unspecified atom stereocenters. The Morgan fingerprint density at radius 3 is 2.15 bits per heavy atom. The van der Waals surface area contributed by atoms with Crippen molar-refractivity contribution >= 4 is 5.97 Å². The molecule has 0 aromatic carbocycles. The summed E-state index contributed by atoms with van der Waals surface area (Å²) in [5.41, 5.74) is 0.126. The number of hydrogen-bond donors (Lipinski definition) is 1. The molecule has 0 fully saturated rings. The van der Waals surface area contributed by atoms with E-state index in [4.69, 9.17) is 5.11 Å². The molecule has 3 nitrogen and oxygen atoms in total. The molecule has 13 heavy (non-hydrogen) atoms. The van der Waals surface area contributed by atoms with Gasteiger partial charge in [0.1, 0.15) is 0 Å². The Bertz CT molecular complexity index is 236. The Hall–Kier alpha value is -1.25. The zero-order chi connectivity index (χ0) is 10.6. The van der Waals surface area contributed by atoms with Crippen LogP contribution in [0.3, 0.4) is 0 Å². The summed E-state index contributed by atoms with van der Waals surface area (Å²) < 4.78 is 0. The average Bonchev–Trinajstić information content (AvgIpc) is 1.96. The van der Waals surface area contributed by atoms with Crippen molar-refractivity contribution in [2.75, 3.05) is 7.05 Å². The summed E-state index contributed by atoms with van der Waals surface area (Å²) in [4.78, 5) is 12.5. The van der Waals surface area contributed by atoms with E-state index < -0.39 is 5.97 Å². The highest BCUT2D eigenvalue weighted by molar-refractivity contribution is 5.89. The molecule has 3 heteroatoms. The SMILES string of the molecule is C=C/C(=C\N(C)C(C)(C)C)C(=O)O. The summed E-state index contributed by atoms with van der Waals surface area (Å²) in [7, 11) is 1.84. The minimum atomic E-state index is -0.953. The molecule has 0 aliphatic rings. The van der Waals surface area contributed by atoms with Crippen molar-refractivity contribution in [3.05, 3.63) is 24.4 Å². The van der Waals surface area contributed by atoms with Gasteiger partial charge in [0.2, 0.25) is 0 Å². The fraction of sp³-hybridized carbons (Fsp3) is 0.500. The highest BCUT2D eigenvalue weighted by atomic mass is 16.4. The second-order valence-electron chi connectivity index (χ2n) is 3.88. The van der Waals surface area contributed by atoms with Gasteiger partial charge in [0.15, 0.2) is 0 Å². The largest absolute Gasteiger partial charge is 0.478 e. The van der Waals surface area contributed by atoms with E-state index >= 15 is 0 Å². The van der Waals surface area contributed by atoms with Gasteiger partial charge >= 0.3 is 5.97 Å².